The summed E-state index contributed by atoms with van der Waals surface area (Å²) < 4.78 is 10.8. The first-order chi connectivity index (χ1) is 13.0. The van der Waals surface area contributed by atoms with Gasteiger partial charge in [-0.2, -0.15) is 0 Å². The van der Waals surface area contributed by atoms with Crippen LogP contribution in [0.3, 0.4) is 0 Å². The van der Waals surface area contributed by atoms with Crippen molar-refractivity contribution in [2.75, 3.05) is 18.1 Å². The average molecular weight is 367 g/mol. The Bertz CT molecular complexity index is 859. The van der Waals surface area contributed by atoms with Crippen LogP contribution in [0, 0.1) is 6.92 Å². The van der Waals surface area contributed by atoms with E-state index in [-0.39, 0.29) is 31.3 Å². The first kappa shape index (κ1) is 18.6. The van der Waals surface area contributed by atoms with Gasteiger partial charge < -0.3 is 9.47 Å². The van der Waals surface area contributed by atoms with Gasteiger partial charge in [-0.05, 0) is 26.0 Å². The van der Waals surface area contributed by atoms with Gasteiger partial charge in [-0.25, -0.2) is 0 Å². The number of para-hydroxylation sites is 2. The van der Waals surface area contributed by atoms with Crippen molar-refractivity contribution in [2.45, 2.75) is 26.4 Å². The molecule has 0 spiro atoms. The molecule has 1 heterocycles. The topological polar surface area (TPSA) is 72.9 Å². The summed E-state index contributed by atoms with van der Waals surface area (Å²) in [5.41, 5.74) is 2.04. The number of rotatable bonds is 5. The van der Waals surface area contributed by atoms with Crippen molar-refractivity contribution in [1.29, 1.82) is 0 Å². The third-order valence-corrected chi connectivity index (χ3v) is 4.33. The normalized spacial score (nSPS) is 14.6. The second-order valence-electron chi connectivity index (χ2n) is 6.41. The van der Waals surface area contributed by atoms with E-state index in [1.807, 2.05) is 19.1 Å². The number of ether oxygens (including phenoxy) is 2. The SMILES string of the molecule is Cc1ccc(C(=O)[C@@H](C)OC(=O)CN2C(=O)CCOc3ccccc32)cc1. The van der Waals surface area contributed by atoms with E-state index in [0.717, 1.165) is 5.56 Å². The summed E-state index contributed by atoms with van der Waals surface area (Å²) in [4.78, 5) is 38.5. The van der Waals surface area contributed by atoms with Crippen LogP contribution in [0.1, 0.15) is 29.3 Å². The fraction of sp³-hybridized carbons (Fsp3) is 0.286. The second kappa shape index (κ2) is 8.03. The van der Waals surface area contributed by atoms with Gasteiger partial charge in [0.05, 0.1) is 18.7 Å². The molecular weight excluding hydrogens is 346 g/mol. The molecule has 140 valence electrons. The summed E-state index contributed by atoms with van der Waals surface area (Å²) in [5.74, 6) is -0.614. The number of esters is 1. The van der Waals surface area contributed by atoms with Crippen molar-refractivity contribution in [3.63, 3.8) is 0 Å². The monoisotopic (exact) mass is 367 g/mol. The van der Waals surface area contributed by atoms with Crippen LogP contribution in [0.15, 0.2) is 48.5 Å². The molecule has 0 fully saturated rings. The number of anilines is 1. The van der Waals surface area contributed by atoms with Gasteiger partial charge in [0.15, 0.2) is 6.10 Å². The standard InChI is InChI=1S/C21H21NO5/c1-14-7-9-16(10-8-14)21(25)15(2)27-20(24)13-22-17-5-3-4-6-18(17)26-12-11-19(22)23/h3-10,15H,11-13H2,1-2H3/t15-/m1/s1. The van der Waals surface area contributed by atoms with Gasteiger partial charge in [-0.1, -0.05) is 42.0 Å². The van der Waals surface area contributed by atoms with Crippen molar-refractivity contribution >= 4 is 23.3 Å². The number of ketones is 1. The zero-order valence-electron chi connectivity index (χ0n) is 15.3. The zero-order chi connectivity index (χ0) is 19.4. The van der Waals surface area contributed by atoms with Crippen LogP contribution in [0.5, 0.6) is 5.75 Å². The van der Waals surface area contributed by atoms with Crippen LogP contribution in [0.25, 0.3) is 0 Å². The predicted octanol–water partition coefficient (Wildman–Crippen LogP) is 2.93. The lowest BCUT2D eigenvalue weighted by Gasteiger charge is -2.22. The molecule has 2 aromatic carbocycles. The minimum Gasteiger partial charge on any atom is -0.491 e. The van der Waals surface area contributed by atoms with Crippen LogP contribution in [0.4, 0.5) is 5.69 Å². The molecule has 1 amide bonds. The van der Waals surface area contributed by atoms with Gasteiger partial charge >= 0.3 is 5.97 Å². The molecule has 3 rings (SSSR count). The van der Waals surface area contributed by atoms with Gasteiger partial charge in [0, 0.05) is 5.56 Å². The Hall–Kier alpha value is -3.15. The molecule has 0 saturated carbocycles. The Morgan fingerprint density at radius 1 is 1.15 bits per heavy atom. The molecule has 0 saturated heterocycles. The minimum atomic E-state index is -0.936. The third kappa shape index (κ3) is 4.34. The van der Waals surface area contributed by atoms with E-state index < -0.39 is 12.1 Å². The summed E-state index contributed by atoms with van der Waals surface area (Å²) in [6.45, 7) is 3.44. The summed E-state index contributed by atoms with van der Waals surface area (Å²) >= 11 is 0. The first-order valence-electron chi connectivity index (χ1n) is 8.78. The zero-order valence-corrected chi connectivity index (χ0v) is 15.3. The highest BCUT2D eigenvalue weighted by Gasteiger charge is 2.27. The lowest BCUT2D eigenvalue weighted by Crippen LogP contribution is -2.38. The lowest BCUT2D eigenvalue weighted by molar-refractivity contribution is -0.145. The van der Waals surface area contributed by atoms with Crippen LogP contribution in [-0.2, 0) is 14.3 Å². The van der Waals surface area contributed by atoms with Gasteiger partial charge in [0.2, 0.25) is 11.7 Å². The van der Waals surface area contributed by atoms with Crippen LogP contribution in [0.2, 0.25) is 0 Å². The number of carbonyl (C=O) groups excluding carboxylic acids is 3. The Balaban J connectivity index is 1.68. The number of carbonyl (C=O) groups is 3. The molecule has 6 nitrogen and oxygen atoms in total. The molecule has 0 N–H and O–H groups in total. The maximum Gasteiger partial charge on any atom is 0.326 e. The molecule has 6 heteroatoms. The highest BCUT2D eigenvalue weighted by molar-refractivity contribution is 6.02. The van der Waals surface area contributed by atoms with E-state index in [4.69, 9.17) is 9.47 Å². The van der Waals surface area contributed by atoms with Crippen LogP contribution >= 0.6 is 0 Å². The Kier molecular flexibility index (Phi) is 5.54. The first-order valence-corrected chi connectivity index (χ1v) is 8.78. The third-order valence-electron chi connectivity index (χ3n) is 4.33. The van der Waals surface area contributed by atoms with Crippen molar-refractivity contribution in [3.05, 3.63) is 59.7 Å². The molecular formula is C21H21NO5. The van der Waals surface area contributed by atoms with E-state index in [9.17, 15) is 14.4 Å². The number of Topliss-reactive ketones (excluding diaryl/α,β-unsaturated/α-hetero) is 1. The number of benzene rings is 2. The molecule has 1 aliphatic rings. The van der Waals surface area contributed by atoms with Gasteiger partial charge in [-0.15, -0.1) is 0 Å². The van der Waals surface area contributed by atoms with Crippen LogP contribution in [-0.4, -0.2) is 36.9 Å². The quantitative estimate of drug-likeness (QED) is 0.600. The van der Waals surface area contributed by atoms with E-state index in [1.165, 1.54) is 11.8 Å². The summed E-state index contributed by atoms with van der Waals surface area (Å²) in [6.07, 6.45) is -0.770. The summed E-state index contributed by atoms with van der Waals surface area (Å²) in [5, 5.41) is 0. The summed E-state index contributed by atoms with van der Waals surface area (Å²) in [7, 11) is 0. The molecule has 1 atom stereocenters. The Morgan fingerprint density at radius 3 is 2.59 bits per heavy atom. The van der Waals surface area contributed by atoms with Gasteiger partial charge in [-0.3, -0.25) is 19.3 Å². The number of nitrogens with zero attached hydrogens (tertiary/aromatic N) is 1. The van der Waals surface area contributed by atoms with Crippen molar-refractivity contribution in [3.8, 4) is 5.75 Å². The second-order valence-corrected chi connectivity index (χ2v) is 6.41. The van der Waals surface area contributed by atoms with Crippen LogP contribution < -0.4 is 9.64 Å². The molecule has 27 heavy (non-hydrogen) atoms. The van der Waals surface area contributed by atoms with Gasteiger partial charge in [0.1, 0.15) is 12.3 Å². The van der Waals surface area contributed by atoms with E-state index in [1.54, 1.807) is 36.4 Å². The van der Waals surface area contributed by atoms with E-state index in [2.05, 4.69) is 0 Å². The molecule has 2 aromatic rings. The number of hydrogen-bond donors (Lipinski definition) is 0. The molecule has 0 aromatic heterocycles. The molecule has 0 radical (unpaired) electrons. The highest BCUT2D eigenvalue weighted by atomic mass is 16.5. The molecule has 0 unspecified atom stereocenters. The predicted molar refractivity (Wildman–Crippen MR) is 100.0 cm³/mol. The molecule has 0 aliphatic carbocycles. The summed E-state index contributed by atoms with van der Waals surface area (Å²) in [6, 6.07) is 14.1. The Labute approximate surface area is 157 Å². The number of hydrogen-bond acceptors (Lipinski definition) is 5. The molecule has 1 aliphatic heterocycles. The largest absolute Gasteiger partial charge is 0.491 e. The lowest BCUT2D eigenvalue weighted by atomic mass is 10.1. The molecule has 0 bridgehead atoms. The van der Waals surface area contributed by atoms with E-state index in [0.29, 0.717) is 17.0 Å². The van der Waals surface area contributed by atoms with Gasteiger partial charge in [0.25, 0.3) is 0 Å². The van der Waals surface area contributed by atoms with Crippen molar-refractivity contribution in [1.82, 2.24) is 0 Å². The maximum absolute atomic E-state index is 12.4. The van der Waals surface area contributed by atoms with Crippen molar-refractivity contribution < 1.29 is 23.9 Å². The van der Waals surface area contributed by atoms with Crippen molar-refractivity contribution in [2.24, 2.45) is 0 Å². The minimum absolute atomic E-state index is 0.166. The highest BCUT2D eigenvalue weighted by Crippen LogP contribution is 2.30. The van der Waals surface area contributed by atoms with E-state index >= 15 is 0 Å². The fourth-order valence-electron chi connectivity index (χ4n) is 2.86. The fourth-order valence-corrected chi connectivity index (χ4v) is 2.86. The maximum atomic E-state index is 12.4. The average Bonchev–Trinajstić information content (AvgIpc) is 2.81. The Morgan fingerprint density at radius 2 is 1.85 bits per heavy atom. The number of amides is 1. The smallest absolute Gasteiger partial charge is 0.326 e. The number of fused-ring (bicyclic) bond motifs is 1. The number of aryl methyl sites for hydroxylation is 1.